The Labute approximate surface area is 229 Å². The van der Waals surface area contributed by atoms with Crippen LogP contribution in [0.25, 0.3) is 11.0 Å². The number of nitrogens with two attached hydrogens (primary N) is 1. The number of halogens is 4. The number of nitrogens with zero attached hydrogens (tertiary/aromatic N) is 3. The largest absolute Gasteiger partial charge is 0.458 e. The molecule has 4 aromatic rings. The summed E-state index contributed by atoms with van der Waals surface area (Å²) in [5.41, 5.74) is 4.83. The highest BCUT2D eigenvalue weighted by atomic mass is 19.3. The van der Waals surface area contributed by atoms with Gasteiger partial charge in [-0.15, -0.1) is 0 Å². The second-order valence-corrected chi connectivity index (χ2v) is 8.67. The fourth-order valence-electron chi connectivity index (χ4n) is 4.25. The normalized spacial score (nSPS) is 13.0. The van der Waals surface area contributed by atoms with E-state index in [-0.39, 0.29) is 50.8 Å². The molecule has 10 nitrogen and oxygen atoms in total. The molecule has 4 rings (SSSR count). The molecule has 0 radical (unpaired) electrons. The Morgan fingerprint density at radius 2 is 1.95 bits per heavy atom. The van der Waals surface area contributed by atoms with E-state index in [1.165, 1.54) is 31.5 Å². The van der Waals surface area contributed by atoms with Gasteiger partial charge >= 0.3 is 6.61 Å². The average molecular weight is 570 g/mol. The number of ether oxygens (including phenoxy) is 1. The number of hydrogen-bond acceptors (Lipinski definition) is 10. The zero-order chi connectivity index (χ0) is 29.8. The Balaban J connectivity index is 1.80. The van der Waals surface area contributed by atoms with E-state index in [9.17, 15) is 22.4 Å². The summed E-state index contributed by atoms with van der Waals surface area (Å²) >= 11 is 0. The van der Waals surface area contributed by atoms with Gasteiger partial charge in [0.2, 0.25) is 0 Å². The molecule has 0 aliphatic carbocycles. The lowest BCUT2D eigenvalue weighted by atomic mass is 9.95. The predicted molar refractivity (Wildman–Crippen MR) is 146 cm³/mol. The van der Waals surface area contributed by atoms with Gasteiger partial charge in [0, 0.05) is 25.0 Å². The number of nitrogens with one attached hydrogen (secondary N) is 3. The Hall–Kier alpha value is -5.14. The lowest BCUT2D eigenvalue weighted by Crippen LogP contribution is -2.23. The maximum Gasteiger partial charge on any atom is 0.387 e. The molecule has 0 amide bonds. The minimum absolute atomic E-state index is 0.00758. The van der Waals surface area contributed by atoms with Crippen molar-refractivity contribution in [1.82, 2.24) is 9.97 Å². The molecule has 2 unspecified atom stereocenters. The number of rotatable bonds is 10. The van der Waals surface area contributed by atoms with E-state index >= 15 is 0 Å². The highest BCUT2D eigenvalue weighted by Crippen LogP contribution is 2.31. The smallest absolute Gasteiger partial charge is 0.387 e. The summed E-state index contributed by atoms with van der Waals surface area (Å²) in [5, 5.41) is 19.2. The van der Waals surface area contributed by atoms with Crippen LogP contribution < -0.4 is 21.2 Å². The number of nitrogen functional groups attached to an aromatic ring is 1. The maximum absolute atomic E-state index is 14.6. The predicted octanol–water partition coefficient (Wildman–Crippen LogP) is 5.07. The quantitative estimate of drug-likeness (QED) is 0.153. The van der Waals surface area contributed by atoms with Crippen molar-refractivity contribution in [2.24, 2.45) is 4.99 Å². The van der Waals surface area contributed by atoms with Crippen LogP contribution in [-0.2, 0) is 0 Å². The van der Waals surface area contributed by atoms with E-state index in [0.29, 0.717) is 0 Å². The molecule has 0 fully saturated rings. The van der Waals surface area contributed by atoms with E-state index in [4.69, 9.17) is 21.0 Å². The topological polar surface area (TPSA) is 163 Å². The first-order valence-corrected chi connectivity index (χ1v) is 12.0. The van der Waals surface area contributed by atoms with E-state index in [0.717, 1.165) is 30.7 Å². The third-order valence-corrected chi connectivity index (χ3v) is 6.06. The van der Waals surface area contributed by atoms with Crippen molar-refractivity contribution in [3.8, 4) is 5.75 Å². The van der Waals surface area contributed by atoms with Gasteiger partial charge in [-0.25, -0.2) is 18.7 Å². The van der Waals surface area contributed by atoms with Crippen molar-refractivity contribution in [1.29, 1.82) is 10.8 Å². The molecular weight excluding hydrogens is 546 g/mol. The summed E-state index contributed by atoms with van der Waals surface area (Å²) in [7, 11) is 1.46. The van der Waals surface area contributed by atoms with Crippen molar-refractivity contribution >= 4 is 40.7 Å². The third-order valence-electron chi connectivity index (χ3n) is 6.06. The van der Waals surface area contributed by atoms with Gasteiger partial charge in [0.05, 0.1) is 28.8 Å². The summed E-state index contributed by atoms with van der Waals surface area (Å²) < 4.78 is 64.2. The molecule has 0 aliphatic rings. The fraction of sp³-hybridized carbons (Fsp3) is 0.185. The third kappa shape index (κ3) is 5.76. The monoisotopic (exact) mass is 569 g/mol. The molecule has 14 heteroatoms. The van der Waals surface area contributed by atoms with Gasteiger partial charge in [-0.05, 0) is 37.3 Å². The van der Waals surface area contributed by atoms with Gasteiger partial charge < -0.3 is 25.6 Å². The van der Waals surface area contributed by atoms with Crippen LogP contribution in [0.5, 0.6) is 5.75 Å². The van der Waals surface area contributed by atoms with Crippen LogP contribution in [0.3, 0.4) is 0 Å². The van der Waals surface area contributed by atoms with E-state index in [2.05, 4.69) is 25.0 Å². The molecule has 5 N–H and O–H groups in total. The van der Waals surface area contributed by atoms with Crippen LogP contribution in [0.4, 0.5) is 29.2 Å². The highest BCUT2D eigenvalue weighted by molar-refractivity contribution is 6.16. The second kappa shape index (κ2) is 11.9. The first-order valence-electron chi connectivity index (χ1n) is 12.0. The van der Waals surface area contributed by atoms with Crippen molar-refractivity contribution in [3.05, 3.63) is 87.0 Å². The number of alkyl halides is 2. The number of aliphatic imine (C=N–C) groups is 1. The number of aromatic nitrogens is 2. The lowest BCUT2D eigenvalue weighted by Gasteiger charge is -2.21. The van der Waals surface area contributed by atoms with Gasteiger partial charge in [0.15, 0.2) is 17.0 Å². The second-order valence-electron chi connectivity index (χ2n) is 8.67. The molecule has 2 atom stereocenters. The van der Waals surface area contributed by atoms with Crippen LogP contribution in [0.2, 0.25) is 0 Å². The molecule has 0 bridgehead atoms. The van der Waals surface area contributed by atoms with E-state index in [1.54, 1.807) is 6.92 Å². The van der Waals surface area contributed by atoms with Crippen LogP contribution in [0.1, 0.15) is 41.3 Å². The minimum Gasteiger partial charge on any atom is -0.458 e. The van der Waals surface area contributed by atoms with Crippen molar-refractivity contribution < 1.29 is 26.7 Å². The van der Waals surface area contributed by atoms with Crippen LogP contribution in [0, 0.1) is 22.5 Å². The molecule has 0 spiro atoms. The van der Waals surface area contributed by atoms with Crippen LogP contribution in [-0.4, -0.2) is 41.8 Å². The van der Waals surface area contributed by atoms with Gasteiger partial charge in [-0.1, -0.05) is 6.07 Å². The molecule has 2 aromatic carbocycles. The molecular formula is C27H23F4N7O3. The zero-order valence-electron chi connectivity index (χ0n) is 21.6. The van der Waals surface area contributed by atoms with Gasteiger partial charge in [0.25, 0.3) is 0 Å². The number of fused-ring (bicyclic) bond motifs is 1. The van der Waals surface area contributed by atoms with E-state index in [1.807, 2.05) is 0 Å². The first-order chi connectivity index (χ1) is 19.6. The highest BCUT2D eigenvalue weighted by Gasteiger charge is 2.27. The molecule has 2 aromatic heterocycles. The van der Waals surface area contributed by atoms with Gasteiger partial charge in [0.1, 0.15) is 40.5 Å². The molecule has 0 aliphatic heterocycles. The summed E-state index contributed by atoms with van der Waals surface area (Å²) in [6, 6.07) is 6.01. The SMILES string of the molecule is CN=CC(C=N)c1c(C(C)Nc2ncnc(N)c2C(=N)c2ccc(OC(F)F)c(F)c2)oc2cccc(F)c2c1=O. The summed E-state index contributed by atoms with van der Waals surface area (Å²) in [6.07, 6.45) is 3.40. The fourth-order valence-corrected chi connectivity index (χ4v) is 4.25. The summed E-state index contributed by atoms with van der Waals surface area (Å²) in [5.74, 6) is -3.71. The Morgan fingerprint density at radius 1 is 1.20 bits per heavy atom. The van der Waals surface area contributed by atoms with Gasteiger partial charge in [-0.2, -0.15) is 8.78 Å². The molecule has 0 saturated heterocycles. The Kier molecular flexibility index (Phi) is 8.40. The van der Waals surface area contributed by atoms with Gasteiger partial charge in [-0.3, -0.25) is 15.2 Å². The van der Waals surface area contributed by atoms with Crippen molar-refractivity contribution in [2.75, 3.05) is 18.1 Å². The molecule has 41 heavy (non-hydrogen) atoms. The van der Waals surface area contributed by atoms with Crippen LogP contribution in [0.15, 0.2) is 56.9 Å². The first kappa shape index (κ1) is 28.9. The van der Waals surface area contributed by atoms with E-state index < -0.39 is 41.4 Å². The van der Waals surface area contributed by atoms with Crippen molar-refractivity contribution in [2.45, 2.75) is 25.5 Å². The summed E-state index contributed by atoms with van der Waals surface area (Å²) in [6.45, 7) is -1.64. The number of anilines is 2. The number of hydrogen-bond donors (Lipinski definition) is 4. The number of benzene rings is 2. The minimum atomic E-state index is -3.24. The zero-order valence-corrected chi connectivity index (χ0v) is 21.6. The molecule has 212 valence electrons. The van der Waals surface area contributed by atoms with Crippen LogP contribution >= 0.6 is 0 Å². The molecule has 2 heterocycles. The Morgan fingerprint density at radius 3 is 2.61 bits per heavy atom. The summed E-state index contributed by atoms with van der Waals surface area (Å²) in [4.78, 5) is 25.4. The molecule has 0 saturated carbocycles. The Bertz CT molecular complexity index is 1730. The van der Waals surface area contributed by atoms with Crippen molar-refractivity contribution in [3.63, 3.8) is 0 Å². The average Bonchev–Trinajstić information content (AvgIpc) is 2.92. The lowest BCUT2D eigenvalue weighted by molar-refractivity contribution is -0.0521. The standard InChI is InChI=1S/C27H23F4N7O3/c1-12(24-19(14(9-32)10-35-2)23(39)20-15(28)4-3-5-18(20)40-24)38-26-21(25(34)36-11-37-26)22(33)13-6-7-17(16(29)8-13)41-27(30)31/h3-12,14,27,32-33H,1-2H3,(H3,34,36,37,38). The maximum atomic E-state index is 14.6.